The molecule has 2 atom stereocenters. The Bertz CT molecular complexity index is 457. The lowest BCUT2D eigenvalue weighted by atomic mass is 10.1. The first kappa shape index (κ1) is 13.7. The van der Waals surface area contributed by atoms with Gasteiger partial charge in [0.15, 0.2) is 11.5 Å². The molecule has 1 fully saturated rings. The molecule has 5 heteroatoms. The van der Waals surface area contributed by atoms with Crippen LogP contribution in [0.5, 0.6) is 11.5 Å². The van der Waals surface area contributed by atoms with Crippen LogP contribution in [0.3, 0.4) is 0 Å². The third-order valence-corrected chi connectivity index (χ3v) is 3.25. The van der Waals surface area contributed by atoms with Crippen molar-refractivity contribution < 1.29 is 24.1 Å². The Morgan fingerprint density at radius 1 is 1.32 bits per heavy atom. The number of carbonyl (C=O) groups excluding carboxylic acids is 1. The number of esters is 1. The molecular formula is C14H18O5. The minimum atomic E-state index is -0.465. The zero-order chi connectivity index (χ0) is 13.8. The largest absolute Gasteiger partial charge is 0.493 e. The maximum Gasteiger partial charge on any atom is 0.341 e. The van der Waals surface area contributed by atoms with Crippen LogP contribution in [0.2, 0.25) is 0 Å². The van der Waals surface area contributed by atoms with Crippen LogP contribution in [0.15, 0.2) is 18.2 Å². The van der Waals surface area contributed by atoms with Crippen LogP contribution in [0, 0.1) is 0 Å². The van der Waals surface area contributed by atoms with E-state index in [-0.39, 0.29) is 12.2 Å². The summed E-state index contributed by atoms with van der Waals surface area (Å²) in [5.41, 5.74) is 0.336. The number of aliphatic hydroxyl groups excluding tert-OH is 1. The molecule has 1 aromatic carbocycles. The molecule has 0 saturated heterocycles. The average molecular weight is 266 g/mol. The Balaban J connectivity index is 2.27. The van der Waals surface area contributed by atoms with Crippen molar-refractivity contribution in [3.8, 4) is 11.5 Å². The fourth-order valence-corrected chi connectivity index (χ4v) is 2.26. The molecule has 104 valence electrons. The smallest absolute Gasteiger partial charge is 0.341 e. The summed E-state index contributed by atoms with van der Waals surface area (Å²) in [6.07, 6.45) is 1.61. The van der Waals surface area contributed by atoms with E-state index in [0.717, 1.165) is 6.42 Å². The fraction of sp³-hybridized carbons (Fsp3) is 0.500. The van der Waals surface area contributed by atoms with Gasteiger partial charge in [0.2, 0.25) is 0 Å². The molecule has 0 radical (unpaired) electrons. The van der Waals surface area contributed by atoms with Gasteiger partial charge in [0.25, 0.3) is 0 Å². The highest BCUT2D eigenvalue weighted by molar-refractivity contribution is 5.93. The van der Waals surface area contributed by atoms with E-state index in [4.69, 9.17) is 14.2 Å². The second kappa shape index (κ2) is 5.93. The highest BCUT2D eigenvalue weighted by Gasteiger charge is 2.27. The number of ether oxygens (including phenoxy) is 3. The summed E-state index contributed by atoms with van der Waals surface area (Å²) in [5, 5.41) is 9.53. The predicted octanol–water partition coefficient (Wildman–Crippen LogP) is 1.77. The van der Waals surface area contributed by atoms with Crippen molar-refractivity contribution in [2.75, 3.05) is 14.2 Å². The van der Waals surface area contributed by atoms with Gasteiger partial charge in [-0.2, -0.15) is 0 Å². The maximum atomic E-state index is 11.7. The number of rotatable bonds is 4. The molecule has 1 aliphatic rings. The van der Waals surface area contributed by atoms with Gasteiger partial charge in [-0.1, -0.05) is 6.07 Å². The monoisotopic (exact) mass is 266 g/mol. The van der Waals surface area contributed by atoms with E-state index in [1.54, 1.807) is 18.2 Å². The van der Waals surface area contributed by atoms with Crippen LogP contribution >= 0.6 is 0 Å². The third kappa shape index (κ3) is 2.98. The first-order valence-electron chi connectivity index (χ1n) is 6.25. The molecule has 0 aliphatic heterocycles. The molecule has 1 aliphatic carbocycles. The van der Waals surface area contributed by atoms with Gasteiger partial charge in [0.05, 0.1) is 20.3 Å². The zero-order valence-corrected chi connectivity index (χ0v) is 11.1. The number of hydrogen-bond acceptors (Lipinski definition) is 5. The van der Waals surface area contributed by atoms with Crippen LogP contribution in [0.4, 0.5) is 0 Å². The Morgan fingerprint density at radius 2 is 2.11 bits per heavy atom. The van der Waals surface area contributed by atoms with E-state index in [9.17, 15) is 9.90 Å². The van der Waals surface area contributed by atoms with Crippen LogP contribution in [-0.4, -0.2) is 37.5 Å². The Kier molecular flexibility index (Phi) is 4.27. The molecule has 0 amide bonds. The van der Waals surface area contributed by atoms with E-state index in [1.807, 2.05) is 0 Å². The number of para-hydroxylation sites is 1. The van der Waals surface area contributed by atoms with E-state index in [0.29, 0.717) is 29.9 Å². The molecule has 1 aromatic rings. The van der Waals surface area contributed by atoms with Crippen LogP contribution < -0.4 is 9.47 Å². The van der Waals surface area contributed by atoms with E-state index in [2.05, 4.69) is 0 Å². The minimum Gasteiger partial charge on any atom is -0.493 e. The van der Waals surface area contributed by atoms with Crippen molar-refractivity contribution in [1.82, 2.24) is 0 Å². The molecule has 2 unspecified atom stereocenters. The number of carbonyl (C=O) groups is 1. The molecule has 2 rings (SSSR count). The normalized spacial score (nSPS) is 22.1. The molecule has 0 heterocycles. The molecule has 1 saturated carbocycles. The van der Waals surface area contributed by atoms with Gasteiger partial charge in [-0.15, -0.1) is 0 Å². The lowest BCUT2D eigenvalue weighted by Gasteiger charge is -2.18. The van der Waals surface area contributed by atoms with Crippen molar-refractivity contribution >= 4 is 5.97 Å². The minimum absolute atomic E-state index is 0.102. The highest BCUT2D eigenvalue weighted by Crippen LogP contribution is 2.35. The summed E-state index contributed by atoms with van der Waals surface area (Å²) >= 11 is 0. The van der Waals surface area contributed by atoms with Gasteiger partial charge < -0.3 is 19.3 Å². The molecule has 1 N–H and O–H groups in total. The summed E-state index contributed by atoms with van der Waals surface area (Å²) < 4.78 is 15.8. The van der Waals surface area contributed by atoms with Crippen molar-refractivity contribution in [2.45, 2.75) is 31.5 Å². The molecule has 5 nitrogen and oxygen atoms in total. The highest BCUT2D eigenvalue weighted by atomic mass is 16.5. The lowest BCUT2D eigenvalue weighted by Crippen LogP contribution is -2.16. The van der Waals surface area contributed by atoms with Gasteiger partial charge >= 0.3 is 5.97 Å². The SMILES string of the molecule is COC(=O)c1cccc(OC)c1OC1CCC(O)C1. The number of benzene rings is 1. The van der Waals surface area contributed by atoms with Crippen molar-refractivity contribution in [2.24, 2.45) is 0 Å². The first-order valence-corrected chi connectivity index (χ1v) is 6.25. The van der Waals surface area contributed by atoms with Gasteiger partial charge in [-0.3, -0.25) is 0 Å². The number of hydrogen-bond donors (Lipinski definition) is 1. The van der Waals surface area contributed by atoms with E-state index >= 15 is 0 Å². The molecule has 0 spiro atoms. The first-order chi connectivity index (χ1) is 9.15. The quantitative estimate of drug-likeness (QED) is 0.841. The van der Waals surface area contributed by atoms with Gasteiger partial charge in [-0.05, 0) is 25.0 Å². The standard InChI is InChI=1S/C14H18O5/c1-17-12-5-3-4-11(14(16)18-2)13(12)19-10-7-6-9(15)8-10/h3-5,9-10,15H,6-8H2,1-2H3. The van der Waals surface area contributed by atoms with E-state index in [1.165, 1.54) is 14.2 Å². The number of aliphatic hydroxyl groups is 1. The predicted molar refractivity (Wildman–Crippen MR) is 68.6 cm³/mol. The van der Waals surface area contributed by atoms with Crippen molar-refractivity contribution in [3.63, 3.8) is 0 Å². The van der Waals surface area contributed by atoms with Crippen LogP contribution in [-0.2, 0) is 4.74 Å². The van der Waals surface area contributed by atoms with Gasteiger partial charge in [0, 0.05) is 6.42 Å². The van der Waals surface area contributed by atoms with Crippen molar-refractivity contribution in [1.29, 1.82) is 0 Å². The topological polar surface area (TPSA) is 65.0 Å². The number of methoxy groups -OCH3 is 2. The third-order valence-electron chi connectivity index (χ3n) is 3.25. The second-order valence-electron chi connectivity index (χ2n) is 4.54. The van der Waals surface area contributed by atoms with E-state index < -0.39 is 5.97 Å². The maximum absolute atomic E-state index is 11.7. The fourth-order valence-electron chi connectivity index (χ4n) is 2.26. The Morgan fingerprint density at radius 3 is 2.68 bits per heavy atom. The van der Waals surface area contributed by atoms with Crippen LogP contribution in [0.1, 0.15) is 29.6 Å². The summed E-state index contributed by atoms with van der Waals surface area (Å²) in [6, 6.07) is 5.07. The Labute approximate surface area is 112 Å². The lowest BCUT2D eigenvalue weighted by molar-refractivity contribution is 0.0591. The summed E-state index contributed by atoms with van der Waals surface area (Å²) in [6.45, 7) is 0. The van der Waals surface area contributed by atoms with Gasteiger partial charge in [0.1, 0.15) is 11.7 Å². The van der Waals surface area contributed by atoms with Crippen LogP contribution in [0.25, 0.3) is 0 Å². The summed E-state index contributed by atoms with van der Waals surface area (Å²) in [5.74, 6) is 0.410. The molecule has 0 aromatic heterocycles. The Hall–Kier alpha value is -1.75. The molecule has 19 heavy (non-hydrogen) atoms. The second-order valence-corrected chi connectivity index (χ2v) is 4.54. The molecular weight excluding hydrogens is 248 g/mol. The summed E-state index contributed by atoms with van der Waals surface area (Å²) in [4.78, 5) is 11.7. The average Bonchev–Trinajstić information content (AvgIpc) is 2.83. The van der Waals surface area contributed by atoms with Gasteiger partial charge in [-0.25, -0.2) is 4.79 Å². The zero-order valence-electron chi connectivity index (χ0n) is 11.1. The summed E-state index contributed by atoms with van der Waals surface area (Å²) in [7, 11) is 2.84. The van der Waals surface area contributed by atoms with Crippen molar-refractivity contribution in [3.05, 3.63) is 23.8 Å². The molecule has 0 bridgehead atoms.